The van der Waals surface area contributed by atoms with Crippen molar-refractivity contribution < 1.29 is 19.8 Å². The summed E-state index contributed by atoms with van der Waals surface area (Å²) in [6, 6.07) is 0. The van der Waals surface area contributed by atoms with Crippen molar-refractivity contribution in [2.24, 2.45) is 0 Å². The smallest absolute Gasteiger partial charge is 0.328 e. The average molecular weight is 167 g/mol. The monoisotopic (exact) mass is 167 g/mol. The third-order valence-electron chi connectivity index (χ3n) is 0.368. The predicted octanol–water partition coefficient (Wildman–Crippen LogP) is 0.198. The van der Waals surface area contributed by atoms with Gasteiger partial charge >= 0.3 is 11.9 Å². The second-order valence-corrected chi connectivity index (χ2v) is 1.01. The van der Waals surface area contributed by atoms with Crippen molar-refractivity contribution in [1.29, 1.82) is 0 Å². The van der Waals surface area contributed by atoms with E-state index in [0.29, 0.717) is 12.2 Å². The molecule has 0 aromatic rings. The maximum Gasteiger partial charge on any atom is 0.328 e. The van der Waals surface area contributed by atoms with Crippen LogP contribution in [0.2, 0.25) is 0 Å². The van der Waals surface area contributed by atoms with Crippen molar-refractivity contribution >= 4 is 11.9 Å². The first-order valence-electron chi connectivity index (χ1n) is 1.77. The third kappa shape index (κ3) is 29.1. The van der Waals surface area contributed by atoms with Crippen LogP contribution in [0.4, 0.5) is 0 Å². The molecule has 0 aromatic carbocycles. The predicted molar refractivity (Wildman–Crippen MR) is 39.5 cm³/mol. The molecule has 68 valence electrons. The van der Waals surface area contributed by atoms with Crippen LogP contribution in [0, 0.1) is 0 Å². The van der Waals surface area contributed by atoms with E-state index in [-0.39, 0.29) is 18.5 Å². The van der Waals surface area contributed by atoms with Gasteiger partial charge in [-0.25, -0.2) is 9.59 Å². The number of hydrogen-bond acceptors (Lipinski definition) is 5. The van der Waals surface area contributed by atoms with Gasteiger partial charge in [0.25, 0.3) is 0 Å². The van der Waals surface area contributed by atoms with Gasteiger partial charge in [-0.05, 0) is 0 Å². The minimum atomic E-state index is -1.26. The van der Waals surface area contributed by atoms with E-state index in [2.05, 4.69) is 0 Å². The minimum Gasteiger partial charge on any atom is -0.478 e. The normalized spacial score (nSPS) is 6.91. The Morgan fingerprint density at radius 3 is 1.09 bits per heavy atom. The molecule has 0 saturated heterocycles. The maximum absolute atomic E-state index is 9.55. The zero-order valence-electron chi connectivity index (χ0n) is 5.99. The Labute approximate surface area is 63.5 Å². The zero-order valence-corrected chi connectivity index (χ0v) is 5.99. The Kier molecular flexibility index (Phi) is 23.4. The van der Waals surface area contributed by atoms with Gasteiger partial charge in [0.15, 0.2) is 0 Å². The fourth-order valence-electron chi connectivity index (χ4n) is 0.143. The number of carbonyl (C=O) groups is 2. The summed E-state index contributed by atoms with van der Waals surface area (Å²) in [5.74, 6) is -2.51. The molecule has 0 radical (unpaired) electrons. The number of carboxylic acid groups (broad SMARTS) is 2. The van der Waals surface area contributed by atoms with Crippen LogP contribution in [0.15, 0.2) is 12.2 Å². The van der Waals surface area contributed by atoms with E-state index >= 15 is 0 Å². The summed E-state index contributed by atoms with van der Waals surface area (Å²) in [7, 11) is 0. The molecule has 0 aromatic heterocycles. The van der Waals surface area contributed by atoms with Crippen LogP contribution in [0.5, 0.6) is 0 Å². The Balaban J connectivity index is -0.0000000817. The highest BCUT2D eigenvalue weighted by Crippen LogP contribution is 1.70. The average Bonchev–Trinajstić information content (AvgIpc) is 1.61. The van der Waals surface area contributed by atoms with Crippen molar-refractivity contribution in [2.75, 3.05) is 0 Å². The molecule has 0 aliphatic carbocycles. The lowest BCUT2D eigenvalue weighted by molar-refractivity contribution is -0.134. The largest absolute Gasteiger partial charge is 0.478 e. The number of rotatable bonds is 2. The van der Waals surface area contributed by atoms with Gasteiger partial charge in [-0.1, -0.05) is 0 Å². The summed E-state index contributed by atoms with van der Waals surface area (Å²) >= 11 is 0. The van der Waals surface area contributed by atoms with Crippen molar-refractivity contribution in [3.05, 3.63) is 12.2 Å². The summed E-state index contributed by atoms with van der Waals surface area (Å²) < 4.78 is 0. The maximum atomic E-state index is 9.55. The standard InChI is InChI=1S/C4H4O4.3H3N/c5-3(6)1-2-4(7)8;;;/h1-2H,(H,5,6)(H,7,8);3*1H3/b2-1-;;;. The van der Waals surface area contributed by atoms with E-state index in [9.17, 15) is 9.59 Å². The van der Waals surface area contributed by atoms with E-state index in [4.69, 9.17) is 10.2 Å². The van der Waals surface area contributed by atoms with Crippen LogP contribution >= 0.6 is 0 Å². The van der Waals surface area contributed by atoms with Crippen molar-refractivity contribution in [3.8, 4) is 0 Å². The molecule has 11 N–H and O–H groups in total. The van der Waals surface area contributed by atoms with Crippen LogP contribution in [-0.4, -0.2) is 22.2 Å². The molecule has 0 bridgehead atoms. The van der Waals surface area contributed by atoms with E-state index in [0.717, 1.165) is 0 Å². The molecule has 0 atom stereocenters. The van der Waals surface area contributed by atoms with Crippen LogP contribution in [0.3, 0.4) is 0 Å². The number of carboxylic acids is 2. The lowest BCUT2D eigenvalue weighted by atomic mass is 10.5. The van der Waals surface area contributed by atoms with Gasteiger partial charge in [0.1, 0.15) is 0 Å². The van der Waals surface area contributed by atoms with Crippen molar-refractivity contribution in [1.82, 2.24) is 18.5 Å². The van der Waals surface area contributed by atoms with Crippen LogP contribution in [-0.2, 0) is 9.59 Å². The van der Waals surface area contributed by atoms with Gasteiger partial charge in [-0.2, -0.15) is 0 Å². The molecule has 0 saturated carbocycles. The molecule has 7 heteroatoms. The molecule has 11 heavy (non-hydrogen) atoms. The van der Waals surface area contributed by atoms with Crippen LogP contribution in [0.1, 0.15) is 0 Å². The number of hydrogen-bond donors (Lipinski definition) is 5. The summed E-state index contributed by atoms with van der Waals surface area (Å²) in [6.07, 6.45) is 1.12. The molecule has 7 nitrogen and oxygen atoms in total. The van der Waals surface area contributed by atoms with Gasteiger partial charge in [0, 0.05) is 12.2 Å². The fraction of sp³-hybridized carbons (Fsp3) is 0. The van der Waals surface area contributed by atoms with Crippen molar-refractivity contribution in [2.45, 2.75) is 0 Å². The van der Waals surface area contributed by atoms with Crippen molar-refractivity contribution in [3.63, 3.8) is 0 Å². The first-order chi connectivity index (χ1) is 3.63. The quantitative estimate of drug-likeness (QED) is 0.364. The SMILES string of the molecule is N.N.N.O=C(O)/C=C\C(=O)O. The lowest BCUT2D eigenvalue weighted by Gasteiger charge is -1.74. The second kappa shape index (κ2) is 11.4. The molecule has 0 rings (SSSR count). The third-order valence-corrected chi connectivity index (χ3v) is 0.368. The second-order valence-electron chi connectivity index (χ2n) is 1.01. The topological polar surface area (TPSA) is 180 Å². The Bertz CT molecular complexity index is 128. The summed E-state index contributed by atoms with van der Waals surface area (Å²) in [5, 5.41) is 15.6. The van der Waals surface area contributed by atoms with E-state index in [1.165, 1.54) is 0 Å². The minimum absolute atomic E-state index is 0. The lowest BCUT2D eigenvalue weighted by Crippen LogP contribution is -1.91. The fourth-order valence-corrected chi connectivity index (χ4v) is 0.143. The molecule has 0 amide bonds. The van der Waals surface area contributed by atoms with Gasteiger partial charge in [0.2, 0.25) is 0 Å². The Morgan fingerprint density at radius 1 is 0.818 bits per heavy atom. The molecule has 0 unspecified atom stereocenters. The molecule has 0 aliphatic heterocycles. The summed E-state index contributed by atoms with van der Waals surface area (Å²) in [6.45, 7) is 0. The van der Waals surface area contributed by atoms with E-state index < -0.39 is 11.9 Å². The van der Waals surface area contributed by atoms with E-state index in [1.807, 2.05) is 0 Å². The molecular weight excluding hydrogens is 154 g/mol. The van der Waals surface area contributed by atoms with Crippen LogP contribution in [0.25, 0.3) is 0 Å². The molecule has 0 aliphatic rings. The Hall–Kier alpha value is -1.44. The highest BCUT2D eigenvalue weighted by Gasteiger charge is 1.88. The summed E-state index contributed by atoms with van der Waals surface area (Å²) in [4.78, 5) is 19.1. The first kappa shape index (κ1) is 22.7. The highest BCUT2D eigenvalue weighted by atomic mass is 16.4. The number of aliphatic carboxylic acids is 2. The molecule has 0 spiro atoms. The van der Waals surface area contributed by atoms with Gasteiger partial charge in [0.05, 0.1) is 0 Å². The van der Waals surface area contributed by atoms with Gasteiger partial charge in [-0.3, -0.25) is 0 Å². The summed E-state index contributed by atoms with van der Waals surface area (Å²) in [5.41, 5.74) is 0. The van der Waals surface area contributed by atoms with Crippen LogP contribution < -0.4 is 18.5 Å². The van der Waals surface area contributed by atoms with Gasteiger partial charge in [-0.15, -0.1) is 0 Å². The highest BCUT2D eigenvalue weighted by molar-refractivity contribution is 5.89. The van der Waals surface area contributed by atoms with Gasteiger partial charge < -0.3 is 28.7 Å². The molecular formula is C4H13N3O4. The van der Waals surface area contributed by atoms with E-state index in [1.54, 1.807) is 0 Å². The zero-order chi connectivity index (χ0) is 6.57. The molecule has 0 fully saturated rings. The molecule has 0 heterocycles. The Morgan fingerprint density at radius 2 is 1.00 bits per heavy atom. The first-order valence-corrected chi connectivity index (χ1v) is 1.77.